The maximum absolute atomic E-state index is 11.6. The number of hydrogen-bond donors (Lipinski definition) is 6. The van der Waals surface area contributed by atoms with Crippen LogP contribution in [0, 0.1) is 0 Å². The molecule has 2 aromatic rings. The van der Waals surface area contributed by atoms with Crippen molar-refractivity contribution in [1.82, 2.24) is 25.5 Å². The number of aromatic nitrogens is 4. The fourth-order valence-corrected chi connectivity index (χ4v) is 2.99. The molecule has 1 aliphatic rings. The van der Waals surface area contributed by atoms with E-state index in [1.807, 2.05) is 0 Å². The van der Waals surface area contributed by atoms with Crippen LogP contribution in [0.2, 0.25) is 0 Å². The number of fused-ring (bicyclic) bond motifs is 1. The van der Waals surface area contributed by atoms with E-state index in [4.69, 9.17) is 0 Å². The van der Waals surface area contributed by atoms with Gasteiger partial charge in [0.2, 0.25) is 0 Å². The first-order valence-electron chi connectivity index (χ1n) is 6.22. The van der Waals surface area contributed by atoms with E-state index >= 15 is 0 Å². The number of rotatable bonds is 2. The van der Waals surface area contributed by atoms with Crippen molar-refractivity contribution in [3.63, 3.8) is 0 Å². The Balaban J connectivity index is 2.04. The Morgan fingerprint density at radius 3 is 2.85 bits per heavy atom. The maximum Gasteiger partial charge on any atom is 0.279 e. The standard InChI is InChI=1S/C11H15N5O3S/c1-3(17)4-9(18)10(20)7(14-4)6-5-8(16-15-6)11(19)13-2-12-5/h2-4,7,9-10,14,17-18,20H,1H3,(H,15,16)(H,12,13,19)/t3?,4-,7+,9-,10+/m1/s1. The summed E-state index contributed by atoms with van der Waals surface area (Å²) in [5.74, 6) is 0. The van der Waals surface area contributed by atoms with Crippen LogP contribution in [0.4, 0.5) is 0 Å². The number of nitrogens with zero attached hydrogens (tertiary/aromatic N) is 2. The van der Waals surface area contributed by atoms with Gasteiger partial charge in [0, 0.05) is 0 Å². The zero-order valence-electron chi connectivity index (χ0n) is 10.6. The molecule has 1 fully saturated rings. The third-order valence-electron chi connectivity index (χ3n) is 3.63. The first kappa shape index (κ1) is 13.6. The smallest absolute Gasteiger partial charge is 0.279 e. The normalized spacial score (nSPS) is 31.8. The van der Waals surface area contributed by atoms with Gasteiger partial charge in [0.25, 0.3) is 5.56 Å². The third kappa shape index (κ3) is 1.94. The predicted octanol–water partition coefficient (Wildman–Crippen LogP) is -1.30. The molecule has 108 valence electrons. The fourth-order valence-electron chi connectivity index (χ4n) is 2.57. The van der Waals surface area contributed by atoms with Crippen LogP contribution in [0.1, 0.15) is 18.7 Å². The molecule has 2 aromatic heterocycles. The molecule has 3 rings (SSSR count). The van der Waals surface area contributed by atoms with Crippen LogP contribution in [0.3, 0.4) is 0 Å². The summed E-state index contributed by atoms with van der Waals surface area (Å²) < 4.78 is 0. The van der Waals surface area contributed by atoms with E-state index in [9.17, 15) is 15.0 Å². The van der Waals surface area contributed by atoms with Crippen molar-refractivity contribution in [3.8, 4) is 0 Å². The lowest BCUT2D eigenvalue weighted by molar-refractivity contribution is 0.0755. The fraction of sp³-hybridized carbons (Fsp3) is 0.545. The summed E-state index contributed by atoms with van der Waals surface area (Å²) >= 11 is 4.39. The Bertz CT molecular complexity index is 684. The number of nitrogens with one attached hydrogen (secondary N) is 3. The molecule has 0 saturated carbocycles. The van der Waals surface area contributed by atoms with Crippen molar-refractivity contribution in [2.24, 2.45) is 0 Å². The van der Waals surface area contributed by atoms with E-state index in [0.29, 0.717) is 11.2 Å². The number of aliphatic hydroxyl groups is 2. The maximum atomic E-state index is 11.6. The van der Waals surface area contributed by atoms with Crippen LogP contribution in [0.25, 0.3) is 11.0 Å². The second-order valence-corrected chi connectivity index (χ2v) is 5.55. The van der Waals surface area contributed by atoms with Gasteiger partial charge in [0.15, 0.2) is 5.52 Å². The Hall–Kier alpha value is -1.42. The molecule has 3 heterocycles. The van der Waals surface area contributed by atoms with Gasteiger partial charge in [-0.2, -0.15) is 17.7 Å². The number of hydrogen-bond acceptors (Lipinski definition) is 7. The van der Waals surface area contributed by atoms with E-state index in [1.165, 1.54) is 6.33 Å². The van der Waals surface area contributed by atoms with Crippen molar-refractivity contribution in [1.29, 1.82) is 0 Å². The minimum absolute atomic E-state index is 0.208. The molecule has 1 unspecified atom stereocenters. The molecular formula is C11H15N5O3S. The molecule has 0 aliphatic carbocycles. The summed E-state index contributed by atoms with van der Waals surface area (Å²) in [5, 5.41) is 29.1. The number of H-pyrrole nitrogens is 2. The first-order valence-corrected chi connectivity index (χ1v) is 6.74. The molecule has 5 atom stereocenters. The zero-order valence-corrected chi connectivity index (χ0v) is 11.5. The van der Waals surface area contributed by atoms with Crippen molar-refractivity contribution in [2.75, 3.05) is 0 Å². The second kappa shape index (κ2) is 4.85. The Morgan fingerprint density at radius 1 is 1.45 bits per heavy atom. The number of aliphatic hydroxyl groups excluding tert-OH is 2. The molecule has 1 saturated heterocycles. The molecule has 5 N–H and O–H groups in total. The van der Waals surface area contributed by atoms with Crippen molar-refractivity contribution in [2.45, 2.75) is 36.5 Å². The largest absolute Gasteiger partial charge is 0.392 e. The van der Waals surface area contributed by atoms with E-state index in [-0.39, 0.29) is 17.1 Å². The van der Waals surface area contributed by atoms with Gasteiger partial charge in [-0.15, -0.1) is 0 Å². The van der Waals surface area contributed by atoms with Crippen LogP contribution in [-0.4, -0.2) is 53.9 Å². The van der Waals surface area contributed by atoms with Gasteiger partial charge < -0.3 is 15.2 Å². The Kier molecular flexibility index (Phi) is 3.28. The highest BCUT2D eigenvalue weighted by molar-refractivity contribution is 7.81. The molecule has 0 aromatic carbocycles. The Labute approximate surface area is 119 Å². The summed E-state index contributed by atoms with van der Waals surface area (Å²) in [6, 6.07) is -0.880. The average molecular weight is 297 g/mol. The third-order valence-corrected chi connectivity index (χ3v) is 4.24. The van der Waals surface area contributed by atoms with Gasteiger partial charge in [-0.25, -0.2) is 4.98 Å². The van der Waals surface area contributed by atoms with Crippen LogP contribution < -0.4 is 10.9 Å². The van der Waals surface area contributed by atoms with Gasteiger partial charge >= 0.3 is 0 Å². The monoisotopic (exact) mass is 297 g/mol. The quantitative estimate of drug-likeness (QED) is 0.383. The van der Waals surface area contributed by atoms with Crippen LogP contribution in [0.15, 0.2) is 11.1 Å². The lowest BCUT2D eigenvalue weighted by atomic mass is 10.1. The summed E-state index contributed by atoms with van der Waals surface area (Å²) in [6.45, 7) is 1.60. The Morgan fingerprint density at radius 2 is 2.20 bits per heavy atom. The molecule has 0 spiro atoms. The van der Waals surface area contributed by atoms with Crippen molar-refractivity contribution >= 4 is 23.7 Å². The molecule has 0 amide bonds. The zero-order chi connectivity index (χ0) is 14.4. The second-order valence-electron chi connectivity index (χ2n) is 4.96. The molecule has 8 nitrogen and oxygen atoms in total. The summed E-state index contributed by atoms with van der Waals surface area (Å²) in [7, 11) is 0. The van der Waals surface area contributed by atoms with E-state index in [0.717, 1.165) is 0 Å². The van der Waals surface area contributed by atoms with Gasteiger partial charge in [-0.3, -0.25) is 15.2 Å². The highest BCUT2D eigenvalue weighted by atomic mass is 32.1. The SMILES string of the molecule is CC(O)[C@H]1N[C@@H](c2[nH]nc3c(=O)[nH]cnc23)[C@H](S)[C@@H]1O. The van der Waals surface area contributed by atoms with Crippen LogP contribution in [0.5, 0.6) is 0 Å². The van der Waals surface area contributed by atoms with Crippen molar-refractivity contribution in [3.05, 3.63) is 22.4 Å². The lowest BCUT2D eigenvalue weighted by Gasteiger charge is -2.18. The topological polar surface area (TPSA) is 127 Å². The number of aromatic amines is 2. The number of thiol groups is 1. The first-order chi connectivity index (χ1) is 9.50. The minimum Gasteiger partial charge on any atom is -0.392 e. The molecule has 1 aliphatic heterocycles. The summed E-state index contributed by atoms with van der Waals surface area (Å²) in [5.41, 5.74) is 0.885. The van der Waals surface area contributed by atoms with E-state index in [2.05, 4.69) is 38.1 Å². The highest BCUT2D eigenvalue weighted by Gasteiger charge is 2.44. The lowest BCUT2D eigenvalue weighted by Crippen LogP contribution is -2.41. The van der Waals surface area contributed by atoms with Gasteiger partial charge in [-0.1, -0.05) is 0 Å². The van der Waals surface area contributed by atoms with Gasteiger partial charge in [-0.05, 0) is 6.92 Å². The van der Waals surface area contributed by atoms with Crippen LogP contribution >= 0.6 is 12.6 Å². The molecule has 0 bridgehead atoms. The molecule has 9 heteroatoms. The van der Waals surface area contributed by atoms with Gasteiger partial charge in [0.05, 0.1) is 41.6 Å². The summed E-state index contributed by atoms with van der Waals surface area (Å²) in [4.78, 5) is 18.2. The summed E-state index contributed by atoms with van der Waals surface area (Å²) in [6.07, 6.45) is -0.242. The molecule has 0 radical (unpaired) electrons. The van der Waals surface area contributed by atoms with Crippen molar-refractivity contribution < 1.29 is 10.2 Å². The predicted molar refractivity (Wildman–Crippen MR) is 74.6 cm³/mol. The highest BCUT2D eigenvalue weighted by Crippen LogP contribution is 2.33. The molecular weight excluding hydrogens is 282 g/mol. The average Bonchev–Trinajstić information content (AvgIpc) is 2.94. The van der Waals surface area contributed by atoms with Crippen LogP contribution in [-0.2, 0) is 0 Å². The van der Waals surface area contributed by atoms with E-state index < -0.39 is 23.5 Å². The van der Waals surface area contributed by atoms with E-state index in [1.54, 1.807) is 6.92 Å². The minimum atomic E-state index is -0.816. The molecule has 20 heavy (non-hydrogen) atoms. The van der Waals surface area contributed by atoms with Gasteiger partial charge in [0.1, 0.15) is 5.52 Å².